The van der Waals surface area contributed by atoms with Gasteiger partial charge in [-0.15, -0.1) is 0 Å². The molecule has 33 heavy (non-hydrogen) atoms. The van der Waals surface area contributed by atoms with E-state index in [0.29, 0.717) is 23.4 Å². The Morgan fingerprint density at radius 2 is 2.06 bits per heavy atom. The second kappa shape index (κ2) is 10.1. The van der Waals surface area contributed by atoms with Gasteiger partial charge in [0.15, 0.2) is 0 Å². The van der Waals surface area contributed by atoms with Crippen molar-refractivity contribution < 1.29 is 29.1 Å². The molecular weight excluding hydrogens is 422 g/mol. The number of rotatable bonds is 7. The van der Waals surface area contributed by atoms with E-state index in [1.165, 1.54) is 4.90 Å². The van der Waals surface area contributed by atoms with Crippen LogP contribution in [0, 0.1) is 6.92 Å². The number of hydrogen-bond donors (Lipinski definition) is 2. The second-order valence-corrected chi connectivity index (χ2v) is 8.43. The Bertz CT molecular complexity index is 1050. The lowest BCUT2D eigenvalue weighted by molar-refractivity contribution is -0.908. The van der Waals surface area contributed by atoms with Gasteiger partial charge in [0.25, 0.3) is 11.7 Å². The third-order valence-electron chi connectivity index (χ3n) is 6.36. The van der Waals surface area contributed by atoms with Gasteiger partial charge in [-0.1, -0.05) is 6.07 Å². The smallest absolute Gasteiger partial charge is 0.295 e. The van der Waals surface area contributed by atoms with Crippen molar-refractivity contribution in [3.63, 3.8) is 0 Å². The van der Waals surface area contributed by atoms with Crippen molar-refractivity contribution in [3.05, 3.63) is 65.0 Å². The number of likely N-dealkylation sites (tertiary alicyclic amines) is 1. The highest BCUT2D eigenvalue weighted by Gasteiger charge is 2.46. The first-order valence-electron chi connectivity index (χ1n) is 11.3. The summed E-state index contributed by atoms with van der Waals surface area (Å²) in [4.78, 5) is 33.4. The zero-order chi connectivity index (χ0) is 23.4. The number of amides is 1. The van der Waals surface area contributed by atoms with Gasteiger partial charge in [0.05, 0.1) is 38.5 Å². The maximum absolute atomic E-state index is 13.1. The number of ketones is 1. The molecule has 2 fully saturated rings. The van der Waals surface area contributed by atoms with Crippen LogP contribution in [0.4, 0.5) is 0 Å². The van der Waals surface area contributed by atoms with Gasteiger partial charge in [0.2, 0.25) is 0 Å². The fourth-order valence-corrected chi connectivity index (χ4v) is 4.58. The lowest BCUT2D eigenvalue weighted by Crippen LogP contribution is -3.14. The molecule has 2 saturated heterocycles. The van der Waals surface area contributed by atoms with Crippen molar-refractivity contribution >= 4 is 17.4 Å². The molecule has 0 spiro atoms. The van der Waals surface area contributed by atoms with Crippen LogP contribution in [0.3, 0.4) is 0 Å². The molecule has 0 saturated carbocycles. The topological polar surface area (TPSA) is 93.4 Å². The summed E-state index contributed by atoms with van der Waals surface area (Å²) in [6, 6.07) is 8.14. The molecule has 8 heteroatoms. The maximum Gasteiger partial charge on any atom is 0.295 e. The van der Waals surface area contributed by atoms with E-state index >= 15 is 0 Å². The van der Waals surface area contributed by atoms with Crippen LogP contribution in [0.5, 0.6) is 5.75 Å². The maximum atomic E-state index is 13.1. The molecule has 2 N–H and O–H groups in total. The van der Waals surface area contributed by atoms with E-state index < -0.39 is 17.7 Å². The van der Waals surface area contributed by atoms with Gasteiger partial charge in [0.1, 0.15) is 24.6 Å². The predicted molar refractivity (Wildman–Crippen MR) is 122 cm³/mol. The monoisotopic (exact) mass is 452 g/mol. The number of Topliss-reactive ketones (excluding diaryl/α,β-unsaturated/α-hetero) is 1. The summed E-state index contributed by atoms with van der Waals surface area (Å²) in [6.45, 7) is 6.53. The number of methoxy groups -OCH3 is 1. The van der Waals surface area contributed by atoms with E-state index in [0.717, 1.165) is 44.8 Å². The van der Waals surface area contributed by atoms with E-state index in [1.54, 1.807) is 48.7 Å². The summed E-state index contributed by atoms with van der Waals surface area (Å²) >= 11 is 0. The Labute approximate surface area is 193 Å². The van der Waals surface area contributed by atoms with Gasteiger partial charge < -0.3 is 24.4 Å². The van der Waals surface area contributed by atoms with Crippen LogP contribution in [0.15, 0.2) is 48.3 Å². The number of benzene rings is 1. The largest absolute Gasteiger partial charge is 0.507 e. The highest BCUT2D eigenvalue weighted by molar-refractivity contribution is 6.46. The molecule has 4 rings (SSSR count). The number of aliphatic hydroxyl groups is 1. The molecule has 0 aliphatic carbocycles. The lowest BCUT2D eigenvalue weighted by atomic mass is 9.94. The normalized spacial score (nSPS) is 20.9. The number of nitrogens with one attached hydrogen (secondary N) is 1. The molecule has 1 unspecified atom stereocenters. The SMILES string of the molecule is COc1ccc(C(O)=C2C(=O)C(=O)N(CCC[NH+]3CCOCC3)C2c2cccnc2)c(C)c1. The molecule has 3 heterocycles. The third-order valence-corrected chi connectivity index (χ3v) is 6.36. The van der Waals surface area contributed by atoms with Crippen LogP contribution in [0.25, 0.3) is 5.76 Å². The molecule has 0 bridgehead atoms. The van der Waals surface area contributed by atoms with Crippen molar-refractivity contribution in [3.8, 4) is 5.75 Å². The number of carbonyl (C=O) groups excluding carboxylic acids is 2. The zero-order valence-electron chi connectivity index (χ0n) is 19.0. The first-order valence-corrected chi connectivity index (χ1v) is 11.3. The highest BCUT2D eigenvalue weighted by atomic mass is 16.5. The molecule has 1 amide bonds. The van der Waals surface area contributed by atoms with E-state index in [1.807, 2.05) is 13.0 Å². The van der Waals surface area contributed by atoms with E-state index in [4.69, 9.17) is 9.47 Å². The van der Waals surface area contributed by atoms with Crippen molar-refractivity contribution in [1.29, 1.82) is 0 Å². The Hall–Kier alpha value is -3.23. The van der Waals surface area contributed by atoms with Gasteiger partial charge in [-0.25, -0.2) is 0 Å². The molecule has 1 atom stereocenters. The summed E-state index contributed by atoms with van der Waals surface area (Å²) < 4.78 is 10.7. The number of nitrogens with zero attached hydrogens (tertiary/aromatic N) is 2. The average Bonchev–Trinajstić information content (AvgIpc) is 3.10. The van der Waals surface area contributed by atoms with Crippen LogP contribution >= 0.6 is 0 Å². The van der Waals surface area contributed by atoms with E-state index in [2.05, 4.69) is 4.98 Å². The number of aliphatic hydroxyl groups excluding tert-OH is 1. The minimum Gasteiger partial charge on any atom is -0.507 e. The lowest BCUT2D eigenvalue weighted by Gasteiger charge is -2.27. The average molecular weight is 453 g/mol. The molecule has 2 aliphatic heterocycles. The Balaban J connectivity index is 1.67. The number of aryl methyl sites for hydroxylation is 1. The molecule has 1 aromatic heterocycles. The van der Waals surface area contributed by atoms with Crippen molar-refractivity contribution in [2.45, 2.75) is 19.4 Å². The number of ether oxygens (including phenoxy) is 2. The molecule has 8 nitrogen and oxygen atoms in total. The molecule has 0 radical (unpaired) electrons. The van der Waals surface area contributed by atoms with Gasteiger partial charge in [-0.05, 0) is 42.3 Å². The molecule has 174 valence electrons. The van der Waals surface area contributed by atoms with Crippen LogP contribution in [-0.4, -0.2) is 73.2 Å². The number of quaternary nitrogens is 1. The van der Waals surface area contributed by atoms with Gasteiger partial charge >= 0.3 is 0 Å². The molecule has 2 aliphatic rings. The van der Waals surface area contributed by atoms with E-state index in [-0.39, 0.29) is 11.3 Å². The molecular formula is C25H30N3O5+. The Kier molecular flexibility index (Phi) is 7.05. The van der Waals surface area contributed by atoms with Crippen LogP contribution in [0.2, 0.25) is 0 Å². The zero-order valence-corrected chi connectivity index (χ0v) is 19.0. The number of pyridine rings is 1. The quantitative estimate of drug-likeness (QED) is 0.372. The van der Waals surface area contributed by atoms with Crippen molar-refractivity contribution in [1.82, 2.24) is 9.88 Å². The van der Waals surface area contributed by atoms with E-state index in [9.17, 15) is 14.7 Å². The first kappa shape index (κ1) is 22.9. The fourth-order valence-electron chi connectivity index (χ4n) is 4.58. The predicted octanol–water partition coefficient (Wildman–Crippen LogP) is 1.13. The summed E-state index contributed by atoms with van der Waals surface area (Å²) in [5.74, 6) is -0.786. The summed E-state index contributed by atoms with van der Waals surface area (Å²) in [6.07, 6.45) is 4.04. The third kappa shape index (κ3) is 4.77. The Morgan fingerprint density at radius 3 is 2.73 bits per heavy atom. The van der Waals surface area contributed by atoms with Gasteiger partial charge in [0, 0.05) is 30.9 Å². The summed E-state index contributed by atoms with van der Waals surface area (Å²) in [7, 11) is 1.57. The van der Waals surface area contributed by atoms with Gasteiger partial charge in [-0.3, -0.25) is 14.6 Å². The first-order chi connectivity index (χ1) is 16.0. The number of morpholine rings is 1. The van der Waals surface area contributed by atoms with Crippen molar-refractivity contribution in [2.75, 3.05) is 46.5 Å². The molecule has 1 aromatic carbocycles. The second-order valence-electron chi connectivity index (χ2n) is 8.43. The van der Waals surface area contributed by atoms with Crippen LogP contribution in [0.1, 0.15) is 29.2 Å². The number of aromatic nitrogens is 1. The Morgan fingerprint density at radius 1 is 1.27 bits per heavy atom. The highest BCUT2D eigenvalue weighted by Crippen LogP contribution is 2.39. The minimum absolute atomic E-state index is 0.0972. The standard InChI is InChI=1S/C25H29N3O5/c1-17-15-19(32-2)6-7-20(17)23(29)21-22(18-5-3-8-26-16-18)28(25(31)24(21)30)10-4-9-27-11-13-33-14-12-27/h3,5-8,15-16,22,29H,4,9-14H2,1-2H3/p+1. The van der Waals surface area contributed by atoms with Gasteiger partial charge in [-0.2, -0.15) is 0 Å². The fraction of sp³-hybridized carbons (Fsp3) is 0.400. The number of hydrogen-bond acceptors (Lipinski definition) is 6. The number of carbonyl (C=O) groups is 2. The van der Waals surface area contributed by atoms with Crippen LogP contribution < -0.4 is 9.64 Å². The minimum atomic E-state index is -0.681. The summed E-state index contributed by atoms with van der Waals surface area (Å²) in [5.41, 5.74) is 2.04. The molecule has 2 aromatic rings. The van der Waals surface area contributed by atoms with Crippen molar-refractivity contribution in [2.24, 2.45) is 0 Å². The summed E-state index contributed by atoms with van der Waals surface area (Å²) in [5, 5.41) is 11.2. The van der Waals surface area contributed by atoms with Crippen LogP contribution in [-0.2, 0) is 14.3 Å².